The second kappa shape index (κ2) is 7.09. The van der Waals surface area contributed by atoms with Crippen LogP contribution in [0.15, 0.2) is 0 Å². The Labute approximate surface area is 145 Å². The number of fused-ring (bicyclic) bond motifs is 1. The van der Waals surface area contributed by atoms with Crippen molar-refractivity contribution in [3.8, 4) is 0 Å². The van der Waals surface area contributed by atoms with Gasteiger partial charge in [0.1, 0.15) is 11.6 Å². The fourth-order valence-electron chi connectivity index (χ4n) is 3.75. The number of hydrogen-bond donors (Lipinski definition) is 0. The van der Waals surface area contributed by atoms with Crippen molar-refractivity contribution in [2.75, 3.05) is 31.9 Å². The number of rotatable bonds is 4. The van der Waals surface area contributed by atoms with Crippen LogP contribution in [0.4, 0.5) is 0 Å². The van der Waals surface area contributed by atoms with Gasteiger partial charge < -0.3 is 4.57 Å². The van der Waals surface area contributed by atoms with E-state index in [4.69, 9.17) is 0 Å². The first-order chi connectivity index (χ1) is 11.4. The van der Waals surface area contributed by atoms with Crippen LogP contribution >= 0.6 is 0 Å². The van der Waals surface area contributed by atoms with Crippen LogP contribution < -0.4 is 0 Å². The van der Waals surface area contributed by atoms with Crippen molar-refractivity contribution in [3.63, 3.8) is 0 Å². The molecule has 0 saturated carbocycles. The highest BCUT2D eigenvalue weighted by atomic mass is 32.2. The summed E-state index contributed by atoms with van der Waals surface area (Å²) in [7, 11) is -3.07. The van der Waals surface area contributed by atoms with Crippen molar-refractivity contribution < 1.29 is 8.42 Å². The Morgan fingerprint density at radius 2 is 1.79 bits per heavy atom. The molecule has 0 spiro atoms. The summed E-state index contributed by atoms with van der Waals surface area (Å²) in [5, 5.41) is 8.89. The van der Waals surface area contributed by atoms with Crippen molar-refractivity contribution in [2.24, 2.45) is 0 Å². The molecule has 0 radical (unpaired) electrons. The standard InChI is InChI=1S/C16H29N5O2S/c1-4-24(22,23)20-9-5-14(6-10-20)16-18-17-15-7-8-19(13(2)3)11-12-21(15)16/h13-14H,4-12H2,1-3H3. The molecule has 2 aliphatic heterocycles. The lowest BCUT2D eigenvalue weighted by molar-refractivity contribution is 0.225. The van der Waals surface area contributed by atoms with E-state index in [0.717, 1.165) is 50.5 Å². The van der Waals surface area contributed by atoms with Gasteiger partial charge in [-0.05, 0) is 33.6 Å². The van der Waals surface area contributed by atoms with E-state index in [-0.39, 0.29) is 5.75 Å². The van der Waals surface area contributed by atoms with Gasteiger partial charge in [-0.3, -0.25) is 4.90 Å². The van der Waals surface area contributed by atoms with Crippen LogP contribution in [0.5, 0.6) is 0 Å². The van der Waals surface area contributed by atoms with E-state index < -0.39 is 10.0 Å². The van der Waals surface area contributed by atoms with Crippen LogP contribution in [-0.2, 0) is 23.0 Å². The third-order valence-corrected chi connectivity index (χ3v) is 7.28. The van der Waals surface area contributed by atoms with Gasteiger partial charge in [0.15, 0.2) is 0 Å². The van der Waals surface area contributed by atoms with Crippen LogP contribution in [0.2, 0.25) is 0 Å². The number of sulfonamides is 1. The maximum Gasteiger partial charge on any atom is 0.213 e. The molecular weight excluding hydrogens is 326 g/mol. The summed E-state index contributed by atoms with van der Waals surface area (Å²) in [6, 6.07) is 0.550. The Morgan fingerprint density at radius 1 is 1.08 bits per heavy atom. The molecule has 0 unspecified atom stereocenters. The molecule has 0 atom stereocenters. The largest absolute Gasteiger partial charge is 0.313 e. The van der Waals surface area contributed by atoms with E-state index in [9.17, 15) is 8.42 Å². The molecule has 3 heterocycles. The number of aromatic nitrogens is 3. The summed E-state index contributed by atoms with van der Waals surface area (Å²) in [6.07, 6.45) is 2.62. The summed E-state index contributed by atoms with van der Waals surface area (Å²) in [5.41, 5.74) is 0. The zero-order valence-electron chi connectivity index (χ0n) is 15.0. The Hall–Kier alpha value is -0.990. The van der Waals surface area contributed by atoms with Crippen molar-refractivity contribution in [3.05, 3.63) is 11.6 Å². The molecule has 2 aliphatic rings. The van der Waals surface area contributed by atoms with Gasteiger partial charge in [0, 0.05) is 51.1 Å². The Balaban J connectivity index is 1.69. The SMILES string of the molecule is CCS(=O)(=O)N1CCC(c2nnc3n2CCN(C(C)C)CC3)CC1. The van der Waals surface area contributed by atoms with Crippen LogP contribution in [0.25, 0.3) is 0 Å². The smallest absolute Gasteiger partial charge is 0.213 e. The molecule has 1 saturated heterocycles. The Bertz CT molecular complexity index is 662. The normalized spacial score (nSPS) is 21.8. The maximum absolute atomic E-state index is 12.0. The summed E-state index contributed by atoms with van der Waals surface area (Å²) in [6.45, 7) is 10.4. The fourth-order valence-corrected chi connectivity index (χ4v) is 4.89. The maximum atomic E-state index is 12.0. The zero-order valence-corrected chi connectivity index (χ0v) is 15.8. The summed E-state index contributed by atoms with van der Waals surface area (Å²) >= 11 is 0. The molecule has 0 aromatic carbocycles. The topological polar surface area (TPSA) is 71.3 Å². The van der Waals surface area contributed by atoms with Gasteiger partial charge in [0.05, 0.1) is 5.75 Å². The van der Waals surface area contributed by atoms with Crippen LogP contribution in [0.3, 0.4) is 0 Å². The molecule has 0 N–H and O–H groups in total. The van der Waals surface area contributed by atoms with Crippen molar-refractivity contribution >= 4 is 10.0 Å². The number of nitrogens with zero attached hydrogens (tertiary/aromatic N) is 5. The number of hydrogen-bond acceptors (Lipinski definition) is 5. The first kappa shape index (κ1) is 17.8. The molecule has 0 amide bonds. The number of piperidine rings is 1. The highest BCUT2D eigenvalue weighted by Gasteiger charge is 2.31. The van der Waals surface area contributed by atoms with E-state index in [1.807, 2.05) is 0 Å². The predicted molar refractivity (Wildman–Crippen MR) is 93.4 cm³/mol. The van der Waals surface area contributed by atoms with Gasteiger partial charge in [-0.25, -0.2) is 12.7 Å². The second-order valence-corrected chi connectivity index (χ2v) is 9.34. The van der Waals surface area contributed by atoms with Crippen LogP contribution in [0.1, 0.15) is 51.2 Å². The lowest BCUT2D eigenvalue weighted by Gasteiger charge is -2.30. The third-order valence-electron chi connectivity index (χ3n) is 5.40. The minimum Gasteiger partial charge on any atom is -0.313 e. The highest BCUT2D eigenvalue weighted by molar-refractivity contribution is 7.89. The summed E-state index contributed by atoms with van der Waals surface area (Å²) in [5.74, 6) is 2.64. The van der Waals surface area contributed by atoms with E-state index in [0.29, 0.717) is 25.0 Å². The Morgan fingerprint density at radius 3 is 2.42 bits per heavy atom. The van der Waals surface area contributed by atoms with Crippen molar-refractivity contribution in [2.45, 2.75) is 58.5 Å². The molecule has 24 heavy (non-hydrogen) atoms. The minimum atomic E-state index is -3.07. The van der Waals surface area contributed by atoms with Gasteiger partial charge in [-0.1, -0.05) is 0 Å². The third kappa shape index (κ3) is 3.50. The highest BCUT2D eigenvalue weighted by Crippen LogP contribution is 2.29. The average Bonchev–Trinajstić information content (AvgIpc) is 2.85. The second-order valence-electron chi connectivity index (χ2n) is 7.08. The molecule has 1 aromatic heterocycles. The lowest BCUT2D eigenvalue weighted by Crippen LogP contribution is -2.39. The quantitative estimate of drug-likeness (QED) is 0.808. The monoisotopic (exact) mass is 355 g/mol. The molecule has 1 fully saturated rings. The minimum absolute atomic E-state index is 0.184. The predicted octanol–water partition coefficient (Wildman–Crippen LogP) is 1.07. The Kier molecular flexibility index (Phi) is 5.27. The summed E-state index contributed by atoms with van der Waals surface area (Å²) < 4.78 is 27.9. The van der Waals surface area contributed by atoms with Gasteiger partial charge in [-0.15, -0.1) is 10.2 Å². The van der Waals surface area contributed by atoms with Gasteiger partial charge in [-0.2, -0.15) is 0 Å². The van der Waals surface area contributed by atoms with Crippen LogP contribution in [-0.4, -0.2) is 70.4 Å². The molecule has 8 heteroatoms. The zero-order chi connectivity index (χ0) is 17.3. The van der Waals surface area contributed by atoms with Gasteiger partial charge in [0.25, 0.3) is 0 Å². The first-order valence-electron chi connectivity index (χ1n) is 9.06. The lowest BCUT2D eigenvalue weighted by atomic mass is 9.97. The van der Waals surface area contributed by atoms with Gasteiger partial charge in [0.2, 0.25) is 10.0 Å². The molecule has 136 valence electrons. The van der Waals surface area contributed by atoms with Crippen LogP contribution in [0, 0.1) is 0 Å². The molecule has 7 nitrogen and oxygen atoms in total. The van der Waals surface area contributed by atoms with E-state index in [2.05, 4.69) is 33.5 Å². The van der Waals surface area contributed by atoms with E-state index in [1.54, 1.807) is 11.2 Å². The van der Waals surface area contributed by atoms with E-state index >= 15 is 0 Å². The molecule has 1 aromatic rings. The van der Waals surface area contributed by atoms with Gasteiger partial charge >= 0.3 is 0 Å². The van der Waals surface area contributed by atoms with Crippen molar-refractivity contribution in [1.82, 2.24) is 24.0 Å². The van der Waals surface area contributed by atoms with E-state index in [1.165, 1.54) is 0 Å². The summed E-state index contributed by atoms with van der Waals surface area (Å²) in [4.78, 5) is 2.48. The molecular formula is C16H29N5O2S. The molecule has 0 aliphatic carbocycles. The first-order valence-corrected chi connectivity index (χ1v) is 10.7. The van der Waals surface area contributed by atoms with Crippen molar-refractivity contribution in [1.29, 1.82) is 0 Å². The molecule has 0 bridgehead atoms. The fraction of sp³-hybridized carbons (Fsp3) is 0.875. The average molecular weight is 356 g/mol. The molecule has 3 rings (SSSR count).